The highest BCUT2D eigenvalue weighted by Gasteiger charge is 2.32. The highest BCUT2D eigenvalue weighted by Crippen LogP contribution is 2.33. The standard InChI is InChI=1S/C21H24N2O3/c1-3-26-20(24)14-19-18-7-5-4-6-16(18)12-13-23(19)21(25)22-17-10-8-15(2)9-11-17/h4-11,19H,3,12-14H2,1-2H3,(H,22,25). The molecule has 1 atom stereocenters. The third-order valence-electron chi connectivity index (χ3n) is 4.64. The summed E-state index contributed by atoms with van der Waals surface area (Å²) in [6, 6.07) is 15.1. The Balaban J connectivity index is 1.82. The average molecular weight is 352 g/mol. The van der Waals surface area contributed by atoms with Crippen molar-refractivity contribution >= 4 is 17.7 Å². The molecule has 2 amide bonds. The SMILES string of the molecule is CCOC(=O)CC1c2ccccc2CCN1C(=O)Nc1ccc(C)cc1. The molecular formula is C21H24N2O3. The van der Waals surface area contributed by atoms with Crippen molar-refractivity contribution in [2.75, 3.05) is 18.5 Å². The summed E-state index contributed by atoms with van der Waals surface area (Å²) in [6.07, 6.45) is 0.934. The molecule has 1 N–H and O–H groups in total. The molecule has 1 unspecified atom stereocenters. The zero-order chi connectivity index (χ0) is 18.5. The number of hydrogen-bond acceptors (Lipinski definition) is 3. The fraction of sp³-hybridized carbons (Fsp3) is 0.333. The van der Waals surface area contributed by atoms with Crippen LogP contribution in [0, 0.1) is 6.92 Å². The lowest BCUT2D eigenvalue weighted by atomic mass is 9.91. The number of amides is 2. The molecule has 1 heterocycles. The van der Waals surface area contributed by atoms with E-state index in [1.54, 1.807) is 11.8 Å². The van der Waals surface area contributed by atoms with Crippen LogP contribution >= 0.6 is 0 Å². The summed E-state index contributed by atoms with van der Waals surface area (Å²) >= 11 is 0. The molecule has 0 bridgehead atoms. The fourth-order valence-corrected chi connectivity index (χ4v) is 3.32. The summed E-state index contributed by atoms with van der Waals surface area (Å²) in [4.78, 5) is 26.7. The molecule has 0 spiro atoms. The molecule has 0 saturated carbocycles. The predicted octanol–water partition coefficient (Wildman–Crippen LogP) is 4.08. The number of carbonyl (C=O) groups excluding carboxylic acids is 2. The molecule has 2 aromatic carbocycles. The van der Waals surface area contributed by atoms with Gasteiger partial charge in [-0.05, 0) is 43.5 Å². The Morgan fingerprint density at radius 1 is 1.15 bits per heavy atom. The van der Waals surface area contributed by atoms with E-state index in [0.717, 1.165) is 23.2 Å². The van der Waals surface area contributed by atoms with E-state index < -0.39 is 0 Å². The maximum Gasteiger partial charge on any atom is 0.322 e. The van der Waals surface area contributed by atoms with Gasteiger partial charge in [-0.3, -0.25) is 4.79 Å². The third kappa shape index (κ3) is 4.04. The van der Waals surface area contributed by atoms with Crippen LogP contribution in [0.4, 0.5) is 10.5 Å². The fourth-order valence-electron chi connectivity index (χ4n) is 3.32. The smallest absolute Gasteiger partial charge is 0.322 e. The minimum absolute atomic E-state index is 0.159. The zero-order valence-electron chi connectivity index (χ0n) is 15.2. The van der Waals surface area contributed by atoms with E-state index in [1.165, 1.54) is 5.56 Å². The molecule has 0 aliphatic carbocycles. The molecule has 5 heteroatoms. The molecule has 0 saturated heterocycles. The number of nitrogens with zero attached hydrogens (tertiary/aromatic N) is 1. The minimum atomic E-state index is -0.315. The first-order valence-electron chi connectivity index (χ1n) is 8.96. The van der Waals surface area contributed by atoms with Gasteiger partial charge in [0.25, 0.3) is 0 Å². The number of carbonyl (C=O) groups is 2. The lowest BCUT2D eigenvalue weighted by Crippen LogP contribution is -2.43. The van der Waals surface area contributed by atoms with Gasteiger partial charge in [-0.1, -0.05) is 42.0 Å². The van der Waals surface area contributed by atoms with E-state index in [9.17, 15) is 9.59 Å². The van der Waals surface area contributed by atoms with E-state index in [4.69, 9.17) is 4.74 Å². The number of hydrogen-bond donors (Lipinski definition) is 1. The van der Waals surface area contributed by atoms with Crippen molar-refractivity contribution in [2.45, 2.75) is 32.7 Å². The molecule has 0 aromatic heterocycles. The Kier molecular flexibility index (Phi) is 5.56. The summed E-state index contributed by atoms with van der Waals surface area (Å²) in [6.45, 7) is 4.69. The summed E-state index contributed by atoms with van der Waals surface area (Å²) in [5.41, 5.74) is 4.08. The Labute approximate surface area is 154 Å². The second-order valence-corrected chi connectivity index (χ2v) is 6.46. The van der Waals surface area contributed by atoms with Crippen molar-refractivity contribution < 1.29 is 14.3 Å². The van der Waals surface area contributed by atoms with Gasteiger partial charge >= 0.3 is 12.0 Å². The number of fused-ring (bicyclic) bond motifs is 1. The quantitative estimate of drug-likeness (QED) is 0.844. The van der Waals surface area contributed by atoms with Crippen LogP contribution in [0.15, 0.2) is 48.5 Å². The predicted molar refractivity (Wildman–Crippen MR) is 101 cm³/mol. The van der Waals surface area contributed by atoms with Crippen LogP contribution in [0.5, 0.6) is 0 Å². The molecule has 0 radical (unpaired) electrons. The molecule has 3 rings (SSSR count). The van der Waals surface area contributed by atoms with Gasteiger partial charge < -0.3 is 15.0 Å². The first-order valence-corrected chi connectivity index (χ1v) is 8.96. The van der Waals surface area contributed by atoms with Crippen LogP contribution in [-0.2, 0) is 16.0 Å². The van der Waals surface area contributed by atoms with Gasteiger partial charge in [-0.2, -0.15) is 0 Å². The zero-order valence-corrected chi connectivity index (χ0v) is 15.2. The van der Waals surface area contributed by atoms with Gasteiger partial charge in [0.1, 0.15) is 0 Å². The lowest BCUT2D eigenvalue weighted by Gasteiger charge is -2.37. The van der Waals surface area contributed by atoms with Crippen LogP contribution in [0.1, 0.15) is 36.1 Å². The van der Waals surface area contributed by atoms with Crippen LogP contribution in [0.3, 0.4) is 0 Å². The van der Waals surface area contributed by atoms with E-state index in [2.05, 4.69) is 11.4 Å². The second-order valence-electron chi connectivity index (χ2n) is 6.46. The van der Waals surface area contributed by atoms with Crippen LogP contribution in [-0.4, -0.2) is 30.1 Å². The number of nitrogens with one attached hydrogen (secondary N) is 1. The summed E-state index contributed by atoms with van der Waals surface area (Å²) < 4.78 is 5.12. The molecule has 1 aliphatic heterocycles. The van der Waals surface area contributed by atoms with E-state index in [1.807, 2.05) is 49.4 Å². The van der Waals surface area contributed by atoms with Gasteiger partial charge in [0.2, 0.25) is 0 Å². The molecule has 0 fully saturated rings. The number of benzene rings is 2. The monoisotopic (exact) mass is 352 g/mol. The first-order chi connectivity index (χ1) is 12.6. The topological polar surface area (TPSA) is 58.6 Å². The van der Waals surface area contributed by atoms with Gasteiger partial charge in [-0.15, -0.1) is 0 Å². The van der Waals surface area contributed by atoms with E-state index in [-0.39, 0.29) is 24.5 Å². The van der Waals surface area contributed by atoms with Gasteiger partial charge in [-0.25, -0.2) is 4.79 Å². The number of esters is 1. The second kappa shape index (κ2) is 8.04. The molecule has 136 valence electrons. The van der Waals surface area contributed by atoms with Crippen molar-refractivity contribution in [3.8, 4) is 0 Å². The van der Waals surface area contributed by atoms with Crippen LogP contribution < -0.4 is 5.32 Å². The van der Waals surface area contributed by atoms with Gasteiger partial charge in [0.15, 0.2) is 0 Å². The first kappa shape index (κ1) is 18.0. The highest BCUT2D eigenvalue weighted by molar-refractivity contribution is 5.90. The van der Waals surface area contributed by atoms with Crippen molar-refractivity contribution in [3.63, 3.8) is 0 Å². The number of ether oxygens (including phenoxy) is 1. The third-order valence-corrected chi connectivity index (χ3v) is 4.64. The number of anilines is 1. The largest absolute Gasteiger partial charge is 0.466 e. The summed E-state index contributed by atoms with van der Waals surface area (Å²) in [5.74, 6) is -0.290. The highest BCUT2D eigenvalue weighted by atomic mass is 16.5. The number of urea groups is 1. The number of rotatable bonds is 4. The summed E-state index contributed by atoms with van der Waals surface area (Å²) in [7, 11) is 0. The molecule has 26 heavy (non-hydrogen) atoms. The Morgan fingerprint density at radius 3 is 2.62 bits per heavy atom. The molecule has 1 aliphatic rings. The number of aryl methyl sites for hydroxylation is 1. The van der Waals surface area contributed by atoms with Crippen molar-refractivity contribution in [1.29, 1.82) is 0 Å². The summed E-state index contributed by atoms with van der Waals surface area (Å²) in [5, 5.41) is 2.94. The van der Waals surface area contributed by atoms with Crippen molar-refractivity contribution in [3.05, 3.63) is 65.2 Å². The van der Waals surface area contributed by atoms with Crippen LogP contribution in [0.25, 0.3) is 0 Å². The van der Waals surface area contributed by atoms with Crippen LogP contribution in [0.2, 0.25) is 0 Å². The van der Waals surface area contributed by atoms with Crippen molar-refractivity contribution in [2.24, 2.45) is 0 Å². The lowest BCUT2D eigenvalue weighted by molar-refractivity contribution is -0.144. The Bertz CT molecular complexity index is 786. The van der Waals surface area contributed by atoms with Crippen molar-refractivity contribution in [1.82, 2.24) is 4.90 Å². The van der Waals surface area contributed by atoms with E-state index >= 15 is 0 Å². The molecule has 2 aromatic rings. The Hall–Kier alpha value is -2.82. The Morgan fingerprint density at radius 2 is 1.88 bits per heavy atom. The maximum absolute atomic E-state index is 12.9. The minimum Gasteiger partial charge on any atom is -0.466 e. The van der Waals surface area contributed by atoms with Gasteiger partial charge in [0, 0.05) is 12.2 Å². The van der Waals surface area contributed by atoms with E-state index in [0.29, 0.717) is 13.2 Å². The average Bonchev–Trinajstić information content (AvgIpc) is 2.64. The molecular weight excluding hydrogens is 328 g/mol. The van der Waals surface area contributed by atoms with Gasteiger partial charge in [0.05, 0.1) is 19.1 Å². The molecule has 5 nitrogen and oxygen atoms in total. The maximum atomic E-state index is 12.9. The normalized spacial score (nSPS) is 15.9.